The highest BCUT2D eigenvalue weighted by Gasteiger charge is 2.29. The van der Waals surface area contributed by atoms with Crippen LogP contribution in [0.25, 0.3) is 5.57 Å². The van der Waals surface area contributed by atoms with Crippen LogP contribution < -0.4 is 0 Å². The zero-order valence-corrected chi connectivity index (χ0v) is 8.33. The minimum atomic E-state index is -0.859. The molecule has 1 aliphatic heterocycles. The molecule has 0 unspecified atom stereocenters. The molecular formula is C11H7F2NO2. The Balaban J connectivity index is 2.50. The van der Waals surface area contributed by atoms with Gasteiger partial charge in [-0.1, -0.05) is 0 Å². The molecular weight excluding hydrogens is 216 g/mol. The highest BCUT2D eigenvalue weighted by Crippen LogP contribution is 2.25. The third-order valence-corrected chi connectivity index (χ3v) is 2.35. The van der Waals surface area contributed by atoms with Gasteiger partial charge in [0.1, 0.15) is 11.6 Å². The number of amides is 2. The number of likely N-dealkylation sites (N-methyl/N-ethyl adjacent to an activating group) is 1. The quantitative estimate of drug-likeness (QED) is 0.674. The average molecular weight is 223 g/mol. The molecule has 0 bridgehead atoms. The molecule has 1 heterocycles. The fraction of sp³-hybridized carbons (Fsp3) is 0.0909. The predicted octanol–water partition coefficient (Wildman–Crippen LogP) is 1.35. The van der Waals surface area contributed by atoms with Crippen LogP contribution in [0.15, 0.2) is 24.3 Å². The molecule has 0 atom stereocenters. The Morgan fingerprint density at radius 3 is 2.38 bits per heavy atom. The van der Waals surface area contributed by atoms with E-state index in [1.54, 1.807) is 0 Å². The molecule has 0 saturated carbocycles. The lowest BCUT2D eigenvalue weighted by molar-refractivity contribution is -0.134. The van der Waals surface area contributed by atoms with Gasteiger partial charge < -0.3 is 0 Å². The number of halogens is 2. The number of benzene rings is 1. The largest absolute Gasteiger partial charge is 0.278 e. The Bertz CT molecular complexity index is 523. The number of imide groups is 1. The third-order valence-electron chi connectivity index (χ3n) is 2.35. The monoisotopic (exact) mass is 223 g/mol. The van der Waals surface area contributed by atoms with E-state index in [4.69, 9.17) is 0 Å². The molecule has 1 aromatic carbocycles. The summed E-state index contributed by atoms with van der Waals surface area (Å²) in [5.74, 6) is -2.69. The van der Waals surface area contributed by atoms with Crippen molar-refractivity contribution in [3.63, 3.8) is 0 Å². The van der Waals surface area contributed by atoms with Crippen molar-refractivity contribution in [3.05, 3.63) is 41.5 Å². The molecule has 82 valence electrons. The smallest absolute Gasteiger partial charge is 0.261 e. The Morgan fingerprint density at radius 2 is 1.88 bits per heavy atom. The number of rotatable bonds is 1. The van der Waals surface area contributed by atoms with E-state index in [-0.39, 0.29) is 11.1 Å². The summed E-state index contributed by atoms with van der Waals surface area (Å²) in [6, 6.07) is 2.85. The van der Waals surface area contributed by atoms with Gasteiger partial charge in [0.2, 0.25) is 0 Å². The summed E-state index contributed by atoms with van der Waals surface area (Å²) in [4.78, 5) is 23.6. The third kappa shape index (κ3) is 1.50. The second-order valence-electron chi connectivity index (χ2n) is 3.38. The van der Waals surface area contributed by atoms with Crippen molar-refractivity contribution in [1.29, 1.82) is 0 Å². The summed E-state index contributed by atoms with van der Waals surface area (Å²) >= 11 is 0. The van der Waals surface area contributed by atoms with Crippen LogP contribution in [0.5, 0.6) is 0 Å². The highest BCUT2D eigenvalue weighted by atomic mass is 19.1. The van der Waals surface area contributed by atoms with Crippen LogP contribution in [0.1, 0.15) is 5.56 Å². The number of carbonyl (C=O) groups excluding carboxylic acids is 2. The first kappa shape index (κ1) is 10.5. The van der Waals surface area contributed by atoms with E-state index >= 15 is 0 Å². The van der Waals surface area contributed by atoms with Crippen molar-refractivity contribution in [2.75, 3.05) is 7.05 Å². The first-order chi connectivity index (χ1) is 7.50. The molecule has 1 aliphatic rings. The summed E-state index contributed by atoms with van der Waals surface area (Å²) in [6.07, 6.45) is 1.04. The molecule has 0 aromatic heterocycles. The minimum Gasteiger partial charge on any atom is -0.278 e. The van der Waals surface area contributed by atoms with Gasteiger partial charge in [-0.25, -0.2) is 8.78 Å². The summed E-state index contributed by atoms with van der Waals surface area (Å²) in [6.45, 7) is 0. The Morgan fingerprint density at radius 1 is 1.19 bits per heavy atom. The fourth-order valence-corrected chi connectivity index (χ4v) is 1.46. The molecule has 0 radical (unpaired) electrons. The van der Waals surface area contributed by atoms with Gasteiger partial charge in [-0.2, -0.15) is 0 Å². The van der Waals surface area contributed by atoms with E-state index in [9.17, 15) is 18.4 Å². The number of hydrogen-bond donors (Lipinski definition) is 0. The minimum absolute atomic E-state index is 0.0509. The molecule has 0 aliphatic carbocycles. The molecule has 0 spiro atoms. The van der Waals surface area contributed by atoms with E-state index < -0.39 is 23.4 Å². The van der Waals surface area contributed by atoms with Gasteiger partial charge in [-0.3, -0.25) is 14.5 Å². The molecule has 0 N–H and O–H groups in total. The van der Waals surface area contributed by atoms with Gasteiger partial charge in [-0.15, -0.1) is 0 Å². The summed E-state index contributed by atoms with van der Waals surface area (Å²) in [5.41, 5.74) is -0.117. The summed E-state index contributed by atoms with van der Waals surface area (Å²) < 4.78 is 26.0. The van der Waals surface area contributed by atoms with Crippen LogP contribution in [0.4, 0.5) is 8.78 Å². The van der Waals surface area contributed by atoms with Crippen molar-refractivity contribution in [2.24, 2.45) is 0 Å². The average Bonchev–Trinajstić information content (AvgIpc) is 2.46. The van der Waals surface area contributed by atoms with Crippen molar-refractivity contribution in [2.45, 2.75) is 0 Å². The van der Waals surface area contributed by atoms with Gasteiger partial charge >= 0.3 is 0 Å². The van der Waals surface area contributed by atoms with Gasteiger partial charge in [0.25, 0.3) is 11.8 Å². The Hall–Kier alpha value is -2.04. The number of carbonyl (C=O) groups is 2. The van der Waals surface area contributed by atoms with Crippen LogP contribution in [0.3, 0.4) is 0 Å². The molecule has 0 saturated heterocycles. The molecule has 2 rings (SSSR count). The van der Waals surface area contributed by atoms with Gasteiger partial charge in [0.05, 0.1) is 5.57 Å². The van der Waals surface area contributed by atoms with Crippen molar-refractivity contribution in [3.8, 4) is 0 Å². The molecule has 3 nitrogen and oxygen atoms in total. The molecule has 1 aromatic rings. The van der Waals surface area contributed by atoms with Gasteiger partial charge in [0.15, 0.2) is 0 Å². The topological polar surface area (TPSA) is 37.4 Å². The maximum atomic E-state index is 13.4. The van der Waals surface area contributed by atoms with E-state index in [0.717, 1.165) is 23.1 Å². The standard InChI is InChI=1S/C11H7F2NO2/c1-14-10(15)5-8(11(14)16)7-3-2-6(12)4-9(7)13/h2-5H,1H3. The number of nitrogens with zero attached hydrogens (tertiary/aromatic N) is 1. The second-order valence-corrected chi connectivity index (χ2v) is 3.38. The van der Waals surface area contributed by atoms with Crippen molar-refractivity contribution >= 4 is 17.4 Å². The van der Waals surface area contributed by atoms with Crippen LogP contribution in [-0.2, 0) is 9.59 Å². The lowest BCUT2D eigenvalue weighted by atomic mass is 10.1. The zero-order valence-electron chi connectivity index (χ0n) is 8.33. The van der Waals surface area contributed by atoms with E-state index in [1.165, 1.54) is 7.05 Å². The van der Waals surface area contributed by atoms with Crippen LogP contribution in [0, 0.1) is 11.6 Å². The van der Waals surface area contributed by atoms with Gasteiger partial charge in [-0.05, 0) is 12.1 Å². The molecule has 2 amide bonds. The van der Waals surface area contributed by atoms with Crippen LogP contribution >= 0.6 is 0 Å². The molecule has 0 fully saturated rings. The zero-order chi connectivity index (χ0) is 11.9. The maximum Gasteiger partial charge on any atom is 0.261 e. The van der Waals surface area contributed by atoms with Crippen molar-refractivity contribution < 1.29 is 18.4 Å². The van der Waals surface area contributed by atoms with Crippen molar-refractivity contribution in [1.82, 2.24) is 4.90 Å². The van der Waals surface area contributed by atoms with Crippen LogP contribution in [-0.4, -0.2) is 23.8 Å². The SMILES string of the molecule is CN1C(=O)C=C(c2ccc(F)cc2F)C1=O. The van der Waals surface area contributed by atoms with Crippen LogP contribution in [0.2, 0.25) is 0 Å². The number of hydrogen-bond acceptors (Lipinski definition) is 2. The Labute approximate surface area is 90.0 Å². The normalized spacial score (nSPS) is 15.7. The fourth-order valence-electron chi connectivity index (χ4n) is 1.46. The highest BCUT2D eigenvalue weighted by molar-refractivity contribution is 6.33. The molecule has 5 heteroatoms. The lowest BCUT2D eigenvalue weighted by Gasteiger charge is -2.07. The van der Waals surface area contributed by atoms with E-state index in [0.29, 0.717) is 6.07 Å². The first-order valence-electron chi connectivity index (χ1n) is 4.50. The maximum absolute atomic E-state index is 13.4. The van der Waals surface area contributed by atoms with Gasteiger partial charge in [0, 0.05) is 24.8 Å². The predicted molar refractivity (Wildman–Crippen MR) is 52.1 cm³/mol. The van der Waals surface area contributed by atoms with E-state index in [2.05, 4.69) is 0 Å². The summed E-state index contributed by atoms with van der Waals surface area (Å²) in [5, 5.41) is 0. The van der Waals surface area contributed by atoms with E-state index in [1.807, 2.05) is 0 Å². The lowest BCUT2D eigenvalue weighted by Crippen LogP contribution is -2.25. The summed E-state index contributed by atoms with van der Waals surface area (Å²) in [7, 11) is 1.30. The molecule has 16 heavy (non-hydrogen) atoms. The Kier molecular flexibility index (Phi) is 2.30. The second kappa shape index (κ2) is 3.52. The first-order valence-corrected chi connectivity index (χ1v) is 4.50.